The van der Waals surface area contributed by atoms with E-state index in [1.54, 1.807) is 0 Å². The van der Waals surface area contributed by atoms with Gasteiger partial charge < -0.3 is 0 Å². The third-order valence-electron chi connectivity index (χ3n) is 1.04. The van der Waals surface area contributed by atoms with Gasteiger partial charge in [0.1, 0.15) is 17.8 Å². The first-order chi connectivity index (χ1) is 6.69. The predicted molar refractivity (Wildman–Crippen MR) is 69.1 cm³/mol. The van der Waals surface area contributed by atoms with Gasteiger partial charge in [-0.25, -0.2) is 0 Å². The third-order valence-corrected chi connectivity index (χ3v) is 3.13. The van der Waals surface area contributed by atoms with Crippen molar-refractivity contribution in [2.45, 2.75) is 23.2 Å². The minimum atomic E-state index is -3.62. The molecule has 0 saturated carbocycles. The molecule has 16 heavy (non-hydrogen) atoms. The monoisotopic (exact) mass is 351 g/mol. The fraction of sp³-hybridized carbons (Fsp3) is 1.00. The summed E-state index contributed by atoms with van der Waals surface area (Å²) in [5.74, 6) is 0. The maximum Gasteiger partial charge on any atom is 0.579 e. The van der Waals surface area contributed by atoms with Crippen LogP contribution in [0.2, 0.25) is 0 Å². The Kier molecular flexibility index (Phi) is 8.48. The SMILES string of the molecule is CC(C)(OS(C)(=O)=O)C(Cl)(Cl)Cl.O=[P+](O)S. The molecule has 0 rings (SSSR count). The van der Waals surface area contributed by atoms with Crippen molar-refractivity contribution in [1.82, 2.24) is 0 Å². The fourth-order valence-electron chi connectivity index (χ4n) is 0.426. The topological polar surface area (TPSA) is 80.7 Å². The molecule has 0 fully saturated rings. The molecule has 1 unspecified atom stereocenters. The standard InChI is InChI=1S/C5H9Cl3O3S.HO2PS/c1-4(2,5(6,7)8)11-12(3,9)10;1-3(2)4/h1-3H3;(H-,1,2,4)/p+1. The van der Waals surface area contributed by atoms with Crippen LogP contribution in [-0.4, -0.2) is 29.0 Å². The Morgan fingerprint density at radius 2 is 1.56 bits per heavy atom. The molecule has 0 heterocycles. The summed E-state index contributed by atoms with van der Waals surface area (Å²) in [6.07, 6.45) is 0.894. The fourth-order valence-corrected chi connectivity index (χ4v) is 1.56. The molecular weight excluding hydrogens is 342 g/mol. The second kappa shape index (κ2) is 6.95. The van der Waals surface area contributed by atoms with Crippen LogP contribution in [0.5, 0.6) is 0 Å². The summed E-state index contributed by atoms with van der Waals surface area (Å²) in [6, 6.07) is 0. The van der Waals surface area contributed by atoms with Crippen LogP contribution in [0, 0.1) is 0 Å². The van der Waals surface area contributed by atoms with Gasteiger partial charge in [-0.3, -0.25) is 4.18 Å². The molecule has 0 aromatic rings. The van der Waals surface area contributed by atoms with Crippen molar-refractivity contribution in [2.75, 3.05) is 6.26 Å². The van der Waals surface area contributed by atoms with E-state index in [4.69, 9.17) is 44.3 Å². The Labute approximate surface area is 116 Å². The van der Waals surface area contributed by atoms with Crippen molar-refractivity contribution in [1.29, 1.82) is 0 Å². The third kappa shape index (κ3) is 11.7. The zero-order chi connectivity index (χ0) is 13.8. The molecule has 11 heteroatoms. The smallest absolute Gasteiger partial charge is 0.260 e. The summed E-state index contributed by atoms with van der Waals surface area (Å²) in [6.45, 7) is 2.75. The molecular formula is C5H11Cl3O5PS2+. The second-order valence-corrected chi connectivity index (χ2v) is 8.44. The van der Waals surface area contributed by atoms with E-state index in [1.807, 2.05) is 0 Å². The van der Waals surface area contributed by atoms with E-state index in [0.717, 1.165) is 6.26 Å². The van der Waals surface area contributed by atoms with Gasteiger partial charge in [-0.15, -0.1) is 0 Å². The lowest BCUT2D eigenvalue weighted by molar-refractivity contribution is 0.124. The van der Waals surface area contributed by atoms with Gasteiger partial charge >= 0.3 is 7.23 Å². The first kappa shape index (κ1) is 19.5. The zero-order valence-electron chi connectivity index (χ0n) is 8.52. The molecule has 1 N–H and O–H groups in total. The highest BCUT2D eigenvalue weighted by atomic mass is 35.6. The molecule has 0 aliphatic carbocycles. The Bertz CT molecular complexity index is 332. The van der Waals surface area contributed by atoms with E-state index < -0.39 is 26.7 Å². The summed E-state index contributed by atoms with van der Waals surface area (Å²) in [5, 5.41) is 0. The average Bonchev–Trinajstić information content (AvgIpc) is 1.74. The molecule has 0 aliphatic rings. The normalized spacial score (nSPS) is 13.9. The molecule has 1 atom stereocenters. The molecule has 0 spiro atoms. The minimum Gasteiger partial charge on any atom is -0.260 e. The van der Waals surface area contributed by atoms with E-state index in [0.29, 0.717) is 0 Å². The van der Waals surface area contributed by atoms with Crippen molar-refractivity contribution in [2.24, 2.45) is 0 Å². The average molecular weight is 353 g/mol. The van der Waals surface area contributed by atoms with Gasteiger partial charge in [0.25, 0.3) is 10.1 Å². The molecule has 0 bridgehead atoms. The van der Waals surface area contributed by atoms with Crippen molar-refractivity contribution in [3.05, 3.63) is 0 Å². The molecule has 0 aromatic carbocycles. The van der Waals surface area contributed by atoms with Gasteiger partial charge in [-0.2, -0.15) is 13.3 Å². The Balaban J connectivity index is 0. The lowest BCUT2D eigenvalue weighted by Crippen LogP contribution is -2.40. The highest BCUT2D eigenvalue weighted by molar-refractivity contribution is 8.38. The minimum absolute atomic E-state index is 0.894. The highest BCUT2D eigenvalue weighted by Gasteiger charge is 2.44. The van der Waals surface area contributed by atoms with Crippen LogP contribution >= 0.6 is 54.3 Å². The first-order valence-electron chi connectivity index (χ1n) is 3.51. The number of hydrogen-bond acceptors (Lipinski definition) is 4. The van der Waals surface area contributed by atoms with E-state index in [9.17, 15) is 8.42 Å². The van der Waals surface area contributed by atoms with Crippen LogP contribution in [0.1, 0.15) is 13.8 Å². The summed E-state index contributed by atoms with van der Waals surface area (Å²) in [4.78, 5) is 7.43. The van der Waals surface area contributed by atoms with E-state index >= 15 is 0 Å². The summed E-state index contributed by atoms with van der Waals surface area (Å²) in [7, 11) is -5.79. The molecule has 5 nitrogen and oxygen atoms in total. The van der Waals surface area contributed by atoms with E-state index in [1.165, 1.54) is 13.8 Å². The van der Waals surface area contributed by atoms with E-state index in [-0.39, 0.29) is 0 Å². The van der Waals surface area contributed by atoms with Gasteiger partial charge in [-0.1, -0.05) is 34.8 Å². The lowest BCUT2D eigenvalue weighted by Gasteiger charge is -2.30. The van der Waals surface area contributed by atoms with Gasteiger partial charge in [-0.05, 0) is 18.4 Å². The number of hydrogen-bond donors (Lipinski definition) is 2. The van der Waals surface area contributed by atoms with Crippen molar-refractivity contribution in [3.63, 3.8) is 0 Å². The predicted octanol–water partition coefficient (Wildman–Crippen LogP) is 2.68. The van der Waals surface area contributed by atoms with Crippen molar-refractivity contribution >= 4 is 64.4 Å². The summed E-state index contributed by atoms with van der Waals surface area (Å²) >= 11 is 19.4. The van der Waals surface area contributed by atoms with Crippen LogP contribution in [-0.2, 0) is 18.9 Å². The van der Waals surface area contributed by atoms with Crippen molar-refractivity contribution < 1.29 is 22.1 Å². The number of halogens is 3. The zero-order valence-corrected chi connectivity index (χ0v) is 13.4. The molecule has 0 amide bonds. The molecule has 0 saturated heterocycles. The summed E-state index contributed by atoms with van der Waals surface area (Å²) in [5.41, 5.74) is -1.37. The van der Waals surface area contributed by atoms with Crippen LogP contribution in [0.4, 0.5) is 0 Å². The quantitative estimate of drug-likeness (QED) is 0.346. The van der Waals surface area contributed by atoms with Crippen LogP contribution in [0.15, 0.2) is 0 Å². The maximum atomic E-state index is 10.7. The lowest BCUT2D eigenvalue weighted by atomic mass is 10.2. The summed E-state index contributed by atoms with van der Waals surface area (Å²) < 4.78 is 33.2. The molecule has 0 aromatic heterocycles. The Hall–Kier alpha value is 1.19. The second-order valence-electron chi connectivity index (χ2n) is 3.05. The maximum absolute atomic E-state index is 10.7. The molecule has 0 radical (unpaired) electrons. The van der Waals surface area contributed by atoms with Crippen molar-refractivity contribution in [3.8, 4) is 0 Å². The number of thiol groups is 1. The van der Waals surface area contributed by atoms with Gasteiger partial charge in [0.05, 0.1) is 6.26 Å². The van der Waals surface area contributed by atoms with E-state index in [2.05, 4.69) is 16.4 Å². The Morgan fingerprint density at radius 1 is 1.31 bits per heavy atom. The van der Waals surface area contributed by atoms with Gasteiger partial charge in [0, 0.05) is 0 Å². The molecule has 98 valence electrons. The van der Waals surface area contributed by atoms with Crippen LogP contribution in [0.25, 0.3) is 0 Å². The van der Waals surface area contributed by atoms with Crippen LogP contribution in [0.3, 0.4) is 0 Å². The first-order valence-corrected chi connectivity index (χ1v) is 8.83. The number of alkyl halides is 3. The van der Waals surface area contributed by atoms with Gasteiger partial charge in [0.2, 0.25) is 3.79 Å². The van der Waals surface area contributed by atoms with Crippen LogP contribution < -0.4 is 0 Å². The molecule has 0 aliphatic heterocycles. The highest BCUT2D eigenvalue weighted by Crippen LogP contribution is 2.40. The largest absolute Gasteiger partial charge is 0.579 e. The number of rotatable bonds is 2. The Morgan fingerprint density at radius 3 is 1.62 bits per heavy atom. The van der Waals surface area contributed by atoms with Gasteiger partial charge in [0.15, 0.2) is 0 Å².